The summed E-state index contributed by atoms with van der Waals surface area (Å²) in [5.41, 5.74) is -1.37. The van der Waals surface area contributed by atoms with Crippen molar-refractivity contribution < 1.29 is 9.53 Å². The summed E-state index contributed by atoms with van der Waals surface area (Å²) in [6, 6.07) is 1.08. The molecule has 1 fully saturated rings. The summed E-state index contributed by atoms with van der Waals surface area (Å²) in [7, 11) is 0. The van der Waals surface area contributed by atoms with Crippen molar-refractivity contribution in [1.82, 2.24) is 20.6 Å². The number of carbonyl (C=O) groups is 1. The molecule has 1 amide bonds. The lowest BCUT2D eigenvalue weighted by Gasteiger charge is -2.23. The van der Waals surface area contributed by atoms with Gasteiger partial charge in [-0.1, -0.05) is 0 Å². The molecule has 8 nitrogen and oxygen atoms in total. The molecule has 1 atom stereocenters. The predicted molar refractivity (Wildman–Crippen MR) is 62.6 cm³/mol. The fourth-order valence-electron chi connectivity index (χ4n) is 1.65. The van der Waals surface area contributed by atoms with Crippen LogP contribution in [0.1, 0.15) is 10.5 Å². The Bertz CT molecular complexity index is 501. The fourth-order valence-corrected chi connectivity index (χ4v) is 1.65. The molecule has 0 saturated carbocycles. The molecule has 98 valence electrons. The molecule has 0 spiro atoms. The summed E-state index contributed by atoms with van der Waals surface area (Å²) in [6.07, 6.45) is 0. The number of ether oxygens (including phenoxy) is 1. The van der Waals surface area contributed by atoms with Gasteiger partial charge in [0.1, 0.15) is 5.69 Å². The Kier molecular flexibility index (Phi) is 3.90. The van der Waals surface area contributed by atoms with Crippen LogP contribution in [0.25, 0.3) is 0 Å². The molecule has 4 N–H and O–H groups in total. The highest BCUT2D eigenvalue weighted by atomic mass is 16.5. The van der Waals surface area contributed by atoms with Gasteiger partial charge in [-0.25, -0.2) is 4.79 Å². The average Bonchev–Trinajstić information content (AvgIpc) is 2.36. The molecule has 2 rings (SSSR count). The number of nitrogens with one attached hydrogen (secondary N) is 4. The summed E-state index contributed by atoms with van der Waals surface area (Å²) >= 11 is 0. The Hall–Kier alpha value is -1.93. The van der Waals surface area contributed by atoms with Gasteiger partial charge in [0.2, 0.25) is 0 Å². The van der Waals surface area contributed by atoms with Crippen molar-refractivity contribution >= 4 is 5.91 Å². The fraction of sp³-hybridized carbons (Fsp3) is 0.500. The smallest absolute Gasteiger partial charge is 0.326 e. The number of H-pyrrole nitrogens is 2. The Balaban J connectivity index is 1.94. The molecule has 2 heterocycles. The summed E-state index contributed by atoms with van der Waals surface area (Å²) < 4.78 is 5.23. The van der Waals surface area contributed by atoms with Gasteiger partial charge in [-0.15, -0.1) is 0 Å². The van der Waals surface area contributed by atoms with Crippen molar-refractivity contribution in [2.75, 3.05) is 26.3 Å². The predicted octanol–water partition coefficient (Wildman–Crippen LogP) is -2.22. The van der Waals surface area contributed by atoms with Crippen LogP contribution in [0.15, 0.2) is 15.7 Å². The first-order chi connectivity index (χ1) is 8.65. The maximum absolute atomic E-state index is 11.7. The monoisotopic (exact) mass is 254 g/mol. The Morgan fingerprint density at radius 3 is 2.94 bits per heavy atom. The van der Waals surface area contributed by atoms with Gasteiger partial charge in [0, 0.05) is 25.2 Å². The van der Waals surface area contributed by atoms with Crippen molar-refractivity contribution in [3.8, 4) is 0 Å². The topological polar surface area (TPSA) is 116 Å². The third-order valence-electron chi connectivity index (χ3n) is 2.51. The summed E-state index contributed by atoms with van der Waals surface area (Å²) in [5, 5.41) is 5.79. The molecule has 0 bridgehead atoms. The van der Waals surface area contributed by atoms with Gasteiger partial charge in [-0.2, -0.15) is 0 Å². The van der Waals surface area contributed by atoms with E-state index in [1.807, 2.05) is 4.98 Å². The van der Waals surface area contributed by atoms with E-state index in [0.29, 0.717) is 19.8 Å². The summed E-state index contributed by atoms with van der Waals surface area (Å²) in [6.45, 7) is 2.29. The van der Waals surface area contributed by atoms with Gasteiger partial charge < -0.3 is 20.4 Å². The Labute approximate surface area is 102 Å². The number of amides is 1. The SMILES string of the molecule is O=C(NCC1COCCN1)c1cc(=O)[nH]c(=O)[nH]1. The van der Waals surface area contributed by atoms with E-state index in [1.54, 1.807) is 0 Å². The first kappa shape index (κ1) is 12.5. The molecule has 1 unspecified atom stereocenters. The van der Waals surface area contributed by atoms with E-state index in [-0.39, 0.29) is 11.7 Å². The van der Waals surface area contributed by atoms with Crippen molar-refractivity contribution in [2.24, 2.45) is 0 Å². The zero-order valence-corrected chi connectivity index (χ0v) is 9.62. The Morgan fingerprint density at radius 2 is 2.28 bits per heavy atom. The molecule has 1 aromatic rings. The van der Waals surface area contributed by atoms with E-state index in [0.717, 1.165) is 12.6 Å². The van der Waals surface area contributed by atoms with Gasteiger partial charge >= 0.3 is 5.69 Å². The van der Waals surface area contributed by atoms with Gasteiger partial charge in [0.15, 0.2) is 0 Å². The van der Waals surface area contributed by atoms with Crippen LogP contribution in [0.5, 0.6) is 0 Å². The highest BCUT2D eigenvalue weighted by molar-refractivity contribution is 5.92. The number of aromatic amines is 2. The molecular formula is C10H14N4O4. The minimum atomic E-state index is -0.702. The molecule has 0 aromatic carbocycles. The number of hydrogen-bond donors (Lipinski definition) is 4. The Morgan fingerprint density at radius 1 is 1.44 bits per heavy atom. The second-order valence-corrected chi connectivity index (χ2v) is 3.94. The molecule has 1 aliphatic heterocycles. The first-order valence-electron chi connectivity index (χ1n) is 5.58. The molecule has 0 radical (unpaired) electrons. The van der Waals surface area contributed by atoms with Gasteiger partial charge in [0.05, 0.1) is 13.2 Å². The lowest BCUT2D eigenvalue weighted by atomic mass is 10.2. The lowest BCUT2D eigenvalue weighted by molar-refractivity contribution is 0.0733. The quantitative estimate of drug-likeness (QED) is 0.487. The van der Waals surface area contributed by atoms with Crippen LogP contribution < -0.4 is 21.9 Å². The maximum Gasteiger partial charge on any atom is 0.326 e. The van der Waals surface area contributed by atoms with Crippen LogP contribution in [0.4, 0.5) is 0 Å². The lowest BCUT2D eigenvalue weighted by Crippen LogP contribution is -2.48. The molecule has 1 aliphatic rings. The van der Waals surface area contributed by atoms with E-state index in [1.165, 1.54) is 0 Å². The van der Waals surface area contributed by atoms with Gasteiger partial charge in [0.25, 0.3) is 11.5 Å². The zero-order valence-electron chi connectivity index (χ0n) is 9.62. The van der Waals surface area contributed by atoms with Crippen LogP contribution in [-0.4, -0.2) is 48.2 Å². The second-order valence-electron chi connectivity index (χ2n) is 3.94. The number of rotatable bonds is 3. The highest BCUT2D eigenvalue weighted by Gasteiger charge is 2.15. The molecule has 1 aromatic heterocycles. The van der Waals surface area contributed by atoms with Crippen LogP contribution in [-0.2, 0) is 4.74 Å². The van der Waals surface area contributed by atoms with Gasteiger partial charge in [-0.05, 0) is 0 Å². The van der Waals surface area contributed by atoms with Crippen LogP contribution in [0.2, 0.25) is 0 Å². The van der Waals surface area contributed by atoms with Crippen molar-refractivity contribution in [1.29, 1.82) is 0 Å². The maximum atomic E-state index is 11.7. The molecule has 0 aliphatic carbocycles. The summed E-state index contributed by atoms with van der Waals surface area (Å²) in [5.74, 6) is -0.495. The number of hydrogen-bond acceptors (Lipinski definition) is 5. The van der Waals surface area contributed by atoms with Crippen molar-refractivity contribution in [3.05, 3.63) is 32.6 Å². The second kappa shape index (κ2) is 5.61. The normalized spacial score (nSPS) is 19.4. The molecular weight excluding hydrogens is 240 g/mol. The van der Waals surface area contributed by atoms with E-state index in [9.17, 15) is 14.4 Å². The van der Waals surface area contributed by atoms with E-state index < -0.39 is 17.2 Å². The molecule has 1 saturated heterocycles. The molecule has 18 heavy (non-hydrogen) atoms. The van der Waals surface area contributed by atoms with Crippen molar-refractivity contribution in [3.63, 3.8) is 0 Å². The number of aromatic nitrogens is 2. The minimum absolute atomic E-state index is 0.0384. The largest absolute Gasteiger partial charge is 0.378 e. The van der Waals surface area contributed by atoms with Crippen LogP contribution in [0, 0.1) is 0 Å². The highest BCUT2D eigenvalue weighted by Crippen LogP contribution is 1.92. The average molecular weight is 254 g/mol. The van der Waals surface area contributed by atoms with E-state index >= 15 is 0 Å². The summed E-state index contributed by atoms with van der Waals surface area (Å²) in [4.78, 5) is 38.0. The van der Waals surface area contributed by atoms with Crippen LogP contribution in [0.3, 0.4) is 0 Å². The first-order valence-corrected chi connectivity index (χ1v) is 5.58. The number of morpholine rings is 1. The van der Waals surface area contributed by atoms with Gasteiger partial charge in [-0.3, -0.25) is 14.6 Å². The third-order valence-corrected chi connectivity index (χ3v) is 2.51. The third kappa shape index (κ3) is 3.28. The van der Waals surface area contributed by atoms with Crippen LogP contribution >= 0.6 is 0 Å². The van der Waals surface area contributed by atoms with E-state index in [4.69, 9.17) is 4.74 Å². The number of carbonyl (C=O) groups excluding carboxylic acids is 1. The molecule has 8 heteroatoms. The zero-order chi connectivity index (χ0) is 13.0. The standard InChI is InChI=1S/C10H14N4O4/c15-8-3-7(13-10(17)14-8)9(16)12-4-6-5-18-2-1-11-6/h3,6,11H,1-2,4-5H2,(H,12,16)(H2,13,14,15,17). The van der Waals surface area contributed by atoms with Crippen molar-refractivity contribution in [2.45, 2.75) is 6.04 Å². The minimum Gasteiger partial charge on any atom is -0.378 e. The van der Waals surface area contributed by atoms with E-state index in [2.05, 4.69) is 15.6 Å².